The van der Waals surface area contributed by atoms with Crippen LogP contribution < -0.4 is 10.0 Å². The predicted molar refractivity (Wildman–Crippen MR) is 81.5 cm³/mol. The van der Waals surface area contributed by atoms with E-state index in [1.165, 1.54) is 18.2 Å². The van der Waals surface area contributed by atoms with Crippen LogP contribution in [0.5, 0.6) is 0 Å². The molecule has 2 rings (SSSR count). The van der Waals surface area contributed by atoms with Crippen molar-refractivity contribution in [3.05, 3.63) is 28.8 Å². The van der Waals surface area contributed by atoms with E-state index in [0.29, 0.717) is 5.56 Å². The van der Waals surface area contributed by atoms with E-state index in [1.54, 1.807) is 0 Å². The molecule has 1 heterocycles. The van der Waals surface area contributed by atoms with Gasteiger partial charge in [-0.25, -0.2) is 13.1 Å². The van der Waals surface area contributed by atoms with Crippen LogP contribution in [0.15, 0.2) is 23.1 Å². The van der Waals surface area contributed by atoms with Gasteiger partial charge in [0.1, 0.15) is 4.90 Å². The largest absolute Gasteiger partial charge is 0.316 e. The summed E-state index contributed by atoms with van der Waals surface area (Å²) in [4.78, 5) is 0.0128. The highest BCUT2D eigenvalue weighted by atomic mass is 35.5. The molecule has 0 aliphatic carbocycles. The maximum Gasteiger partial charge on any atom is 0.242 e. The molecule has 114 valence electrons. The lowest BCUT2D eigenvalue weighted by molar-refractivity contribution is 0.320. The van der Waals surface area contributed by atoms with Gasteiger partial charge in [-0.1, -0.05) is 11.6 Å². The molecule has 1 aliphatic rings. The standard InChI is InChI=1S/C14H18ClN3O2S/c1-10(12-3-2-6-17-9-12)18-21(19,20)14-5-4-11(8-16)7-13(14)15/h4-5,7,10,12,17-18H,2-3,6,9H2,1H3. The number of piperidine rings is 1. The smallest absolute Gasteiger partial charge is 0.242 e. The molecule has 0 radical (unpaired) electrons. The van der Waals surface area contributed by atoms with Crippen molar-refractivity contribution >= 4 is 21.6 Å². The van der Waals surface area contributed by atoms with E-state index in [0.717, 1.165) is 25.9 Å². The number of rotatable bonds is 4. The van der Waals surface area contributed by atoms with Crippen molar-refractivity contribution in [3.63, 3.8) is 0 Å². The molecule has 2 atom stereocenters. The Morgan fingerprint density at radius 2 is 2.29 bits per heavy atom. The SMILES string of the molecule is CC(NS(=O)(=O)c1ccc(C#N)cc1Cl)C1CCCNC1. The average Bonchev–Trinajstić information content (AvgIpc) is 2.47. The molecule has 2 N–H and O–H groups in total. The van der Waals surface area contributed by atoms with E-state index in [4.69, 9.17) is 16.9 Å². The van der Waals surface area contributed by atoms with Crippen molar-refractivity contribution in [1.29, 1.82) is 5.26 Å². The van der Waals surface area contributed by atoms with Gasteiger partial charge >= 0.3 is 0 Å². The van der Waals surface area contributed by atoms with Crippen LogP contribution in [-0.4, -0.2) is 27.5 Å². The Bertz CT molecular complexity index is 649. The molecule has 0 aromatic heterocycles. The van der Waals surface area contributed by atoms with Gasteiger partial charge in [-0.15, -0.1) is 0 Å². The summed E-state index contributed by atoms with van der Waals surface area (Å²) in [5.41, 5.74) is 0.337. The zero-order chi connectivity index (χ0) is 15.5. The van der Waals surface area contributed by atoms with Crippen LogP contribution in [0.1, 0.15) is 25.3 Å². The molecular weight excluding hydrogens is 310 g/mol. The van der Waals surface area contributed by atoms with Gasteiger partial charge in [0.05, 0.1) is 16.7 Å². The monoisotopic (exact) mass is 327 g/mol. The fourth-order valence-electron chi connectivity index (χ4n) is 2.50. The maximum atomic E-state index is 12.4. The maximum absolute atomic E-state index is 12.4. The summed E-state index contributed by atoms with van der Waals surface area (Å²) >= 11 is 5.98. The summed E-state index contributed by atoms with van der Waals surface area (Å²) < 4.78 is 27.5. The van der Waals surface area contributed by atoms with Crippen molar-refractivity contribution in [1.82, 2.24) is 10.0 Å². The van der Waals surface area contributed by atoms with Crippen LogP contribution in [0.3, 0.4) is 0 Å². The molecule has 1 saturated heterocycles. The van der Waals surface area contributed by atoms with Crippen molar-refractivity contribution in [2.45, 2.75) is 30.7 Å². The Hall–Kier alpha value is -1.13. The Morgan fingerprint density at radius 1 is 1.52 bits per heavy atom. The molecule has 0 amide bonds. The first-order valence-corrected chi connectivity index (χ1v) is 8.73. The molecule has 7 heteroatoms. The fourth-order valence-corrected chi connectivity index (χ4v) is 4.36. The minimum atomic E-state index is -3.68. The number of benzene rings is 1. The van der Waals surface area contributed by atoms with Crippen molar-refractivity contribution < 1.29 is 8.42 Å². The van der Waals surface area contributed by atoms with Gasteiger partial charge in [0, 0.05) is 6.04 Å². The van der Waals surface area contributed by atoms with Crippen molar-refractivity contribution in [2.75, 3.05) is 13.1 Å². The highest BCUT2D eigenvalue weighted by Crippen LogP contribution is 2.24. The third-order valence-corrected chi connectivity index (χ3v) is 5.78. The van der Waals surface area contributed by atoms with E-state index in [9.17, 15) is 8.42 Å². The number of nitrogens with one attached hydrogen (secondary N) is 2. The number of halogens is 1. The molecule has 1 aliphatic heterocycles. The Balaban J connectivity index is 2.16. The van der Waals surface area contributed by atoms with Crippen molar-refractivity contribution in [3.8, 4) is 6.07 Å². The molecular formula is C14H18ClN3O2S. The summed E-state index contributed by atoms with van der Waals surface area (Å²) in [5.74, 6) is 0.269. The van der Waals surface area contributed by atoms with Crippen molar-refractivity contribution in [2.24, 2.45) is 5.92 Å². The predicted octanol–water partition coefficient (Wildman–Crippen LogP) is 1.88. The van der Waals surface area contributed by atoms with E-state index in [1.807, 2.05) is 13.0 Å². The van der Waals surface area contributed by atoms with Gasteiger partial charge in [-0.05, 0) is 57.0 Å². The van der Waals surface area contributed by atoms with Crippen LogP contribution in [-0.2, 0) is 10.0 Å². The zero-order valence-corrected chi connectivity index (χ0v) is 13.3. The van der Waals surface area contributed by atoms with E-state index in [-0.39, 0.29) is 21.9 Å². The fraction of sp³-hybridized carbons (Fsp3) is 0.500. The Kier molecular flexibility index (Phi) is 5.22. The lowest BCUT2D eigenvalue weighted by Gasteiger charge is -2.28. The van der Waals surface area contributed by atoms with Crippen LogP contribution in [0.25, 0.3) is 0 Å². The second kappa shape index (κ2) is 6.75. The van der Waals surface area contributed by atoms with Crippen LogP contribution in [0.2, 0.25) is 5.02 Å². The average molecular weight is 328 g/mol. The second-order valence-electron chi connectivity index (χ2n) is 5.27. The number of hydrogen-bond donors (Lipinski definition) is 2. The second-order valence-corrected chi connectivity index (χ2v) is 7.36. The molecule has 5 nitrogen and oxygen atoms in total. The number of nitriles is 1. The van der Waals surface area contributed by atoms with E-state index in [2.05, 4.69) is 10.0 Å². The number of hydrogen-bond acceptors (Lipinski definition) is 4. The van der Waals surface area contributed by atoms with Gasteiger partial charge in [0.2, 0.25) is 10.0 Å². The molecule has 0 saturated carbocycles. The van der Waals surface area contributed by atoms with Gasteiger partial charge < -0.3 is 5.32 Å². The topological polar surface area (TPSA) is 82.0 Å². The molecule has 1 aromatic carbocycles. The summed E-state index contributed by atoms with van der Waals surface area (Å²) in [6.07, 6.45) is 2.05. The number of sulfonamides is 1. The van der Waals surface area contributed by atoms with E-state index < -0.39 is 10.0 Å². The third-order valence-electron chi connectivity index (χ3n) is 3.73. The first kappa shape index (κ1) is 16.2. The summed E-state index contributed by atoms with van der Waals surface area (Å²) in [6, 6.07) is 5.95. The Morgan fingerprint density at radius 3 is 2.86 bits per heavy atom. The quantitative estimate of drug-likeness (QED) is 0.884. The first-order chi connectivity index (χ1) is 9.94. The minimum Gasteiger partial charge on any atom is -0.316 e. The minimum absolute atomic E-state index is 0.0128. The van der Waals surface area contributed by atoms with E-state index >= 15 is 0 Å². The molecule has 21 heavy (non-hydrogen) atoms. The highest BCUT2D eigenvalue weighted by Gasteiger charge is 2.26. The van der Waals surface area contributed by atoms with Gasteiger partial charge in [-0.2, -0.15) is 5.26 Å². The number of nitrogens with zero attached hydrogens (tertiary/aromatic N) is 1. The lowest BCUT2D eigenvalue weighted by atomic mass is 9.94. The molecule has 0 spiro atoms. The normalized spacial score (nSPS) is 20.7. The molecule has 2 unspecified atom stereocenters. The summed E-state index contributed by atoms with van der Waals surface area (Å²) in [6.45, 7) is 3.66. The Labute approximate surface area is 130 Å². The lowest BCUT2D eigenvalue weighted by Crippen LogP contribution is -2.44. The van der Waals surface area contributed by atoms with Crippen LogP contribution in [0, 0.1) is 17.2 Å². The molecule has 1 aromatic rings. The zero-order valence-electron chi connectivity index (χ0n) is 11.8. The van der Waals surface area contributed by atoms with Gasteiger partial charge in [0.25, 0.3) is 0 Å². The highest BCUT2D eigenvalue weighted by molar-refractivity contribution is 7.89. The molecule has 1 fully saturated rings. The van der Waals surface area contributed by atoms with Gasteiger partial charge in [0.15, 0.2) is 0 Å². The first-order valence-electron chi connectivity index (χ1n) is 6.87. The van der Waals surface area contributed by atoms with Crippen LogP contribution in [0.4, 0.5) is 0 Å². The van der Waals surface area contributed by atoms with Crippen LogP contribution >= 0.6 is 11.6 Å². The molecule has 0 bridgehead atoms. The third kappa shape index (κ3) is 3.95. The van der Waals surface area contributed by atoms with Gasteiger partial charge in [-0.3, -0.25) is 0 Å². The summed E-state index contributed by atoms with van der Waals surface area (Å²) in [7, 11) is -3.68. The summed E-state index contributed by atoms with van der Waals surface area (Å²) in [5, 5.41) is 12.1.